The van der Waals surface area contributed by atoms with E-state index in [4.69, 9.17) is 0 Å². The van der Waals surface area contributed by atoms with Gasteiger partial charge in [-0.05, 0) is 59.7 Å². The van der Waals surface area contributed by atoms with Gasteiger partial charge in [0.25, 0.3) is 20.2 Å². The van der Waals surface area contributed by atoms with Gasteiger partial charge >= 0.3 is 0 Å². The van der Waals surface area contributed by atoms with E-state index in [1.54, 1.807) is 48.2 Å². The van der Waals surface area contributed by atoms with Gasteiger partial charge < -0.3 is 41.3 Å². The Bertz CT molecular complexity index is 2530. The summed E-state index contributed by atoms with van der Waals surface area (Å²) in [5.41, 5.74) is 1.63. The number of hydrogen-bond acceptors (Lipinski definition) is 18. The van der Waals surface area contributed by atoms with Gasteiger partial charge in [-0.3, -0.25) is 9.11 Å². The summed E-state index contributed by atoms with van der Waals surface area (Å²) in [5.74, 6) is 0.704. The summed E-state index contributed by atoms with van der Waals surface area (Å²) in [6.07, 6.45) is 2.51. The molecule has 2 radical (unpaired) electrons. The van der Waals surface area contributed by atoms with Crippen molar-refractivity contribution >= 4 is 150 Å². The van der Waals surface area contributed by atoms with Crippen LogP contribution in [0.4, 0.5) is 58.4 Å². The second-order valence-electron chi connectivity index (χ2n) is 12.9. The molecule has 4 aromatic carbocycles. The average Bonchev–Trinajstić information content (AvgIpc) is 3.20. The first-order valence-electron chi connectivity index (χ1n) is 17.9. The first kappa shape index (κ1) is 49.8. The molecule has 0 aliphatic carbocycles. The molecule has 2 heterocycles. The van der Waals surface area contributed by atoms with E-state index >= 15 is 0 Å². The average molecular weight is 903 g/mol. The van der Waals surface area contributed by atoms with Crippen molar-refractivity contribution in [1.29, 1.82) is 0 Å². The van der Waals surface area contributed by atoms with Gasteiger partial charge in [0.15, 0.2) is 0 Å². The molecule has 0 saturated carbocycles. The molecule has 0 amide bonds. The van der Waals surface area contributed by atoms with Crippen LogP contribution in [0, 0.1) is 0 Å². The fourth-order valence-electron chi connectivity index (χ4n) is 5.48. The molecule has 20 nitrogen and oxygen atoms in total. The summed E-state index contributed by atoms with van der Waals surface area (Å²) >= 11 is 0. The van der Waals surface area contributed by atoms with Crippen LogP contribution in [0.2, 0.25) is 0 Å². The number of rotatable bonds is 18. The predicted molar refractivity (Wildman–Crippen MR) is 239 cm³/mol. The Kier molecular flexibility index (Phi) is 18.1. The van der Waals surface area contributed by atoms with Crippen LogP contribution in [0.3, 0.4) is 0 Å². The van der Waals surface area contributed by atoms with E-state index in [9.17, 15) is 36.2 Å². The van der Waals surface area contributed by atoms with E-state index in [1.807, 2.05) is 36.4 Å². The zero-order valence-electron chi connectivity index (χ0n) is 34.0. The molecule has 6 rings (SSSR count). The summed E-state index contributed by atoms with van der Waals surface area (Å²) in [4.78, 5) is 28.5. The molecule has 0 unspecified atom stereocenters. The van der Waals surface area contributed by atoms with Crippen molar-refractivity contribution in [2.75, 3.05) is 71.5 Å². The summed E-state index contributed by atoms with van der Waals surface area (Å²) in [6.45, 7) is 0.0646. The Morgan fingerprint density at radius 1 is 0.500 bits per heavy atom. The molecule has 0 spiro atoms. The third-order valence-electron chi connectivity index (χ3n) is 8.40. The molecule has 0 saturated heterocycles. The summed E-state index contributed by atoms with van der Waals surface area (Å²) in [6, 6.07) is 26.1. The molecule has 2 aromatic heterocycles. The maximum absolute atomic E-state index is 12.6. The third kappa shape index (κ3) is 13.8. The zero-order valence-corrected chi connectivity index (χ0v) is 39.7. The molecule has 0 bridgehead atoms. The molecule has 0 fully saturated rings. The van der Waals surface area contributed by atoms with Crippen molar-refractivity contribution in [3.63, 3.8) is 0 Å². The van der Waals surface area contributed by atoms with E-state index in [0.29, 0.717) is 11.4 Å². The molecule has 0 aliphatic rings. The van der Waals surface area contributed by atoms with Crippen LogP contribution in [0.5, 0.6) is 0 Å². The molecular weight excluding hydrogens is 863 g/mol. The van der Waals surface area contributed by atoms with E-state index in [1.165, 1.54) is 36.4 Å². The summed E-state index contributed by atoms with van der Waals surface area (Å²) in [7, 11) is -6.38. The monoisotopic (exact) mass is 902 g/mol. The SMILES string of the molecule is CN(CCO)c1nc(Nc2ccccc2)nc(Nc2ccc(/C=C/c3ccc(Nc4nc(Nc5ccccc5)nc(N(C)CCO)n4)cc3S(=O)(=O)O)c(S(=O)(=O)O)c2)n1.[Na].[Na]. The van der Waals surface area contributed by atoms with E-state index in [0.717, 1.165) is 12.1 Å². The minimum atomic E-state index is -4.86. The molecule has 62 heavy (non-hydrogen) atoms. The normalized spacial score (nSPS) is 11.3. The van der Waals surface area contributed by atoms with Crippen molar-refractivity contribution in [2.24, 2.45) is 0 Å². The second kappa shape index (κ2) is 22.5. The van der Waals surface area contributed by atoms with Crippen LogP contribution in [-0.4, -0.2) is 166 Å². The Morgan fingerprint density at radius 2 is 0.823 bits per heavy atom. The number of anilines is 10. The second-order valence-corrected chi connectivity index (χ2v) is 15.7. The van der Waals surface area contributed by atoms with Crippen LogP contribution >= 0.6 is 0 Å². The summed E-state index contributed by atoms with van der Waals surface area (Å²) < 4.78 is 71.1. The number of hydrogen-bond donors (Lipinski definition) is 8. The van der Waals surface area contributed by atoms with Gasteiger partial charge in [0.1, 0.15) is 9.79 Å². The van der Waals surface area contributed by atoms with Gasteiger partial charge in [-0.25, -0.2) is 0 Å². The van der Waals surface area contributed by atoms with Crippen LogP contribution in [0.15, 0.2) is 107 Å². The quantitative estimate of drug-likeness (QED) is 0.0346. The van der Waals surface area contributed by atoms with Gasteiger partial charge in [-0.15, -0.1) is 0 Å². The van der Waals surface area contributed by atoms with Gasteiger partial charge in [0.2, 0.25) is 35.7 Å². The fraction of sp³-hybridized carbons (Fsp3) is 0.158. The van der Waals surface area contributed by atoms with Gasteiger partial charge in [-0.1, -0.05) is 60.7 Å². The first-order valence-corrected chi connectivity index (χ1v) is 20.8. The first-order chi connectivity index (χ1) is 28.7. The molecule has 0 atom stereocenters. The number of aliphatic hydroxyl groups excluding tert-OH is 2. The Labute approximate surface area is 402 Å². The standard InChI is InChI=1S/C38H40N12O8S2.2Na/c1-49(19-21-51)37-45-33(39-27-9-5-3-6-10-27)43-35(47-37)41-29-17-15-25(31(23-29)59(53,54)55)13-14-26-16-18-30(24-32(26)60(56,57)58)42-36-44-34(40-28-11-7-4-8-12-28)46-38(48-36)50(2)20-22-52;;/h3-18,23-24,51-52H,19-22H2,1-2H3,(H,53,54,55)(H,56,57,58)(H2,39,41,43,45,47)(H2,40,42,44,46,48);;/b14-13+;;. The minimum absolute atomic E-state index is 0. The van der Waals surface area contributed by atoms with Crippen molar-refractivity contribution in [2.45, 2.75) is 9.79 Å². The van der Waals surface area contributed by atoms with Gasteiger partial charge in [0, 0.05) is 109 Å². The fourth-order valence-corrected chi connectivity index (χ4v) is 6.90. The zero-order chi connectivity index (χ0) is 42.9. The van der Waals surface area contributed by atoms with Crippen LogP contribution in [0.1, 0.15) is 11.1 Å². The Balaban J connectivity index is 0.00000422. The molecular formula is C38H40N12Na2O8S2. The summed E-state index contributed by atoms with van der Waals surface area (Å²) in [5, 5.41) is 30.9. The number of para-hydroxylation sites is 2. The molecule has 0 aliphatic heterocycles. The van der Waals surface area contributed by atoms with Crippen LogP contribution in [0.25, 0.3) is 12.2 Å². The van der Waals surface area contributed by atoms with Gasteiger partial charge in [0.05, 0.1) is 13.2 Å². The van der Waals surface area contributed by atoms with Crippen molar-refractivity contribution in [3.05, 3.63) is 108 Å². The van der Waals surface area contributed by atoms with E-state index < -0.39 is 30.0 Å². The van der Waals surface area contributed by atoms with E-state index in [-0.39, 0.29) is 144 Å². The Hall–Kier alpha value is -4.82. The third-order valence-corrected chi connectivity index (χ3v) is 10.2. The number of aliphatic hydroxyl groups is 2. The molecule has 6 aromatic rings. The number of nitrogens with one attached hydrogen (secondary N) is 4. The molecule has 314 valence electrons. The number of aromatic nitrogens is 6. The van der Waals surface area contributed by atoms with Crippen LogP contribution in [-0.2, 0) is 20.2 Å². The maximum atomic E-state index is 12.6. The molecule has 24 heteroatoms. The largest absolute Gasteiger partial charge is 0.395 e. The maximum Gasteiger partial charge on any atom is 0.295 e. The topological polar surface area (TPSA) is 281 Å². The van der Waals surface area contributed by atoms with Gasteiger partial charge in [-0.2, -0.15) is 46.7 Å². The number of benzene rings is 4. The minimum Gasteiger partial charge on any atom is -0.395 e. The predicted octanol–water partition coefficient (Wildman–Crippen LogP) is 3.79. The Morgan fingerprint density at radius 3 is 1.13 bits per heavy atom. The van der Waals surface area contributed by atoms with E-state index in [2.05, 4.69) is 51.2 Å². The molecule has 8 N–H and O–H groups in total. The number of likely N-dealkylation sites (N-methyl/N-ethyl adjacent to an activating group) is 2. The smallest absolute Gasteiger partial charge is 0.295 e. The van der Waals surface area contributed by atoms with Crippen molar-refractivity contribution in [1.82, 2.24) is 29.9 Å². The van der Waals surface area contributed by atoms with Crippen molar-refractivity contribution < 1.29 is 36.2 Å². The number of nitrogens with zero attached hydrogens (tertiary/aromatic N) is 8. The van der Waals surface area contributed by atoms with Crippen LogP contribution < -0.4 is 31.1 Å². The van der Waals surface area contributed by atoms with Crippen molar-refractivity contribution in [3.8, 4) is 0 Å².